The molecule has 3 N–H and O–H groups in total. The van der Waals surface area contributed by atoms with E-state index in [2.05, 4.69) is 26.0 Å². The van der Waals surface area contributed by atoms with Crippen LogP contribution in [0.2, 0.25) is 0 Å². The summed E-state index contributed by atoms with van der Waals surface area (Å²) in [5.41, 5.74) is 7.82. The number of hydrogen-bond acceptors (Lipinski definition) is 3. The van der Waals surface area contributed by atoms with Crippen LogP contribution in [0.25, 0.3) is 0 Å². The van der Waals surface area contributed by atoms with Crippen LogP contribution in [0.3, 0.4) is 0 Å². The summed E-state index contributed by atoms with van der Waals surface area (Å²) in [4.78, 5) is 0. The van der Waals surface area contributed by atoms with Crippen LogP contribution < -0.4 is 15.8 Å². The molecule has 0 fully saturated rings. The molecular formula is C14H12BrF3N2O. The van der Waals surface area contributed by atoms with Gasteiger partial charge in [-0.2, -0.15) is 0 Å². The average molecular weight is 361 g/mol. The summed E-state index contributed by atoms with van der Waals surface area (Å²) in [7, 11) is 0. The van der Waals surface area contributed by atoms with Gasteiger partial charge in [0.1, 0.15) is 0 Å². The number of alkyl halides is 3. The van der Waals surface area contributed by atoms with Crippen molar-refractivity contribution < 1.29 is 17.9 Å². The van der Waals surface area contributed by atoms with E-state index in [0.29, 0.717) is 15.8 Å². The van der Waals surface area contributed by atoms with Crippen LogP contribution in [0, 0.1) is 6.92 Å². The maximum Gasteiger partial charge on any atom is 0.573 e. The molecule has 2 aromatic carbocycles. The second-order valence-electron chi connectivity index (χ2n) is 4.35. The third-order valence-corrected chi connectivity index (χ3v) is 3.23. The van der Waals surface area contributed by atoms with Crippen LogP contribution >= 0.6 is 15.9 Å². The van der Waals surface area contributed by atoms with Gasteiger partial charge < -0.3 is 15.8 Å². The van der Waals surface area contributed by atoms with E-state index in [1.54, 1.807) is 18.2 Å². The summed E-state index contributed by atoms with van der Waals surface area (Å²) in [6.45, 7) is 1.81. The maximum atomic E-state index is 12.5. The highest BCUT2D eigenvalue weighted by atomic mass is 79.9. The SMILES string of the molecule is Cc1cccc(N)c1Nc1ccc(Br)cc1OC(F)(F)F. The van der Waals surface area contributed by atoms with Crippen molar-refractivity contribution in [3.63, 3.8) is 0 Å². The lowest BCUT2D eigenvalue weighted by Gasteiger charge is -2.17. The van der Waals surface area contributed by atoms with Crippen LogP contribution in [0.4, 0.5) is 30.2 Å². The minimum atomic E-state index is -4.77. The molecule has 0 bridgehead atoms. The first-order valence-electron chi connectivity index (χ1n) is 5.93. The highest BCUT2D eigenvalue weighted by molar-refractivity contribution is 9.10. The molecule has 0 heterocycles. The third kappa shape index (κ3) is 4.04. The number of nitrogens with one attached hydrogen (secondary N) is 1. The van der Waals surface area contributed by atoms with E-state index in [-0.39, 0.29) is 11.4 Å². The van der Waals surface area contributed by atoms with Crippen molar-refractivity contribution in [3.8, 4) is 5.75 Å². The molecule has 7 heteroatoms. The lowest BCUT2D eigenvalue weighted by molar-refractivity contribution is -0.274. The number of nitrogen functional groups attached to an aromatic ring is 1. The van der Waals surface area contributed by atoms with E-state index in [1.807, 2.05) is 13.0 Å². The van der Waals surface area contributed by atoms with Crippen molar-refractivity contribution in [3.05, 3.63) is 46.4 Å². The zero-order valence-electron chi connectivity index (χ0n) is 11.0. The molecular weight excluding hydrogens is 349 g/mol. The van der Waals surface area contributed by atoms with Crippen molar-refractivity contribution >= 4 is 33.0 Å². The van der Waals surface area contributed by atoms with Gasteiger partial charge in [-0.15, -0.1) is 13.2 Å². The number of aryl methyl sites for hydroxylation is 1. The maximum absolute atomic E-state index is 12.5. The highest BCUT2D eigenvalue weighted by Crippen LogP contribution is 2.36. The van der Waals surface area contributed by atoms with E-state index >= 15 is 0 Å². The van der Waals surface area contributed by atoms with Crippen LogP contribution in [-0.2, 0) is 0 Å². The zero-order chi connectivity index (χ0) is 15.6. The minimum Gasteiger partial charge on any atom is -0.404 e. The Morgan fingerprint density at radius 1 is 1.19 bits per heavy atom. The Balaban J connectivity index is 2.40. The molecule has 0 radical (unpaired) electrons. The Bertz CT molecular complexity index is 639. The Labute approximate surface area is 128 Å². The third-order valence-electron chi connectivity index (χ3n) is 2.73. The molecule has 0 spiro atoms. The van der Waals surface area contributed by atoms with E-state index in [1.165, 1.54) is 12.1 Å². The van der Waals surface area contributed by atoms with Crippen molar-refractivity contribution in [1.29, 1.82) is 0 Å². The fourth-order valence-corrected chi connectivity index (χ4v) is 2.14. The summed E-state index contributed by atoms with van der Waals surface area (Å²) >= 11 is 3.12. The van der Waals surface area contributed by atoms with Crippen molar-refractivity contribution in [2.45, 2.75) is 13.3 Å². The fourth-order valence-electron chi connectivity index (χ4n) is 1.80. The lowest BCUT2D eigenvalue weighted by atomic mass is 10.1. The Morgan fingerprint density at radius 3 is 2.52 bits per heavy atom. The number of benzene rings is 2. The molecule has 112 valence electrons. The van der Waals surface area contributed by atoms with E-state index < -0.39 is 6.36 Å². The summed E-state index contributed by atoms with van der Waals surface area (Å²) in [6.07, 6.45) is -4.77. The number of hydrogen-bond donors (Lipinski definition) is 2. The van der Waals surface area contributed by atoms with Gasteiger partial charge >= 0.3 is 6.36 Å². The molecule has 0 aliphatic rings. The molecule has 0 amide bonds. The Morgan fingerprint density at radius 2 is 1.90 bits per heavy atom. The molecule has 3 nitrogen and oxygen atoms in total. The van der Waals surface area contributed by atoms with Crippen LogP contribution in [0.1, 0.15) is 5.56 Å². The fraction of sp³-hybridized carbons (Fsp3) is 0.143. The normalized spacial score (nSPS) is 11.3. The lowest BCUT2D eigenvalue weighted by Crippen LogP contribution is -2.18. The number of ether oxygens (including phenoxy) is 1. The van der Waals surface area contributed by atoms with Crippen LogP contribution in [-0.4, -0.2) is 6.36 Å². The molecule has 0 atom stereocenters. The van der Waals surface area contributed by atoms with Crippen LogP contribution in [0.5, 0.6) is 5.75 Å². The highest BCUT2D eigenvalue weighted by Gasteiger charge is 2.32. The van der Waals surface area contributed by atoms with E-state index in [0.717, 1.165) is 5.56 Å². The molecule has 0 aromatic heterocycles. The van der Waals surface area contributed by atoms with Crippen molar-refractivity contribution in [2.24, 2.45) is 0 Å². The molecule has 2 rings (SSSR count). The monoisotopic (exact) mass is 360 g/mol. The van der Waals surface area contributed by atoms with Gasteiger partial charge in [-0.25, -0.2) is 0 Å². The van der Waals surface area contributed by atoms with Gasteiger partial charge in [0.15, 0.2) is 5.75 Å². The Kier molecular flexibility index (Phi) is 4.32. The number of halogens is 4. The molecule has 0 aliphatic heterocycles. The zero-order valence-corrected chi connectivity index (χ0v) is 12.5. The number of rotatable bonds is 3. The summed E-state index contributed by atoms with van der Waals surface area (Å²) in [5, 5.41) is 2.89. The van der Waals surface area contributed by atoms with Gasteiger partial charge in [0.2, 0.25) is 0 Å². The molecule has 21 heavy (non-hydrogen) atoms. The molecule has 2 aromatic rings. The van der Waals surface area contributed by atoms with Gasteiger partial charge in [0.05, 0.1) is 17.1 Å². The number of para-hydroxylation sites is 1. The summed E-state index contributed by atoms with van der Waals surface area (Å²) < 4.78 is 41.9. The van der Waals surface area contributed by atoms with Crippen LogP contribution in [0.15, 0.2) is 40.9 Å². The largest absolute Gasteiger partial charge is 0.573 e. The average Bonchev–Trinajstić information content (AvgIpc) is 2.34. The molecule has 0 unspecified atom stereocenters. The van der Waals surface area contributed by atoms with E-state index in [4.69, 9.17) is 5.73 Å². The number of anilines is 3. The van der Waals surface area contributed by atoms with Gasteiger partial charge in [0, 0.05) is 4.47 Å². The summed E-state index contributed by atoms with van der Waals surface area (Å²) in [6, 6.07) is 9.58. The van der Waals surface area contributed by atoms with E-state index in [9.17, 15) is 13.2 Å². The smallest absolute Gasteiger partial charge is 0.404 e. The van der Waals surface area contributed by atoms with Gasteiger partial charge in [-0.05, 0) is 36.8 Å². The predicted octanol–water partition coefficient (Wildman–Crippen LogP) is 4.98. The van der Waals surface area contributed by atoms with Gasteiger partial charge in [0.25, 0.3) is 0 Å². The first-order chi connectivity index (χ1) is 9.76. The second-order valence-corrected chi connectivity index (χ2v) is 5.27. The van der Waals surface area contributed by atoms with Crippen molar-refractivity contribution in [2.75, 3.05) is 11.1 Å². The summed E-state index contributed by atoms with van der Waals surface area (Å²) in [5.74, 6) is -0.334. The topological polar surface area (TPSA) is 47.3 Å². The Hall–Kier alpha value is -1.89. The molecule has 0 saturated heterocycles. The van der Waals surface area contributed by atoms with Gasteiger partial charge in [-0.1, -0.05) is 28.1 Å². The molecule has 0 saturated carbocycles. The van der Waals surface area contributed by atoms with Gasteiger partial charge in [-0.3, -0.25) is 0 Å². The first kappa shape index (κ1) is 15.5. The standard InChI is InChI=1S/C14H12BrF3N2O/c1-8-3-2-4-10(19)13(8)20-11-6-5-9(15)7-12(11)21-14(16,17)18/h2-7,20H,19H2,1H3. The first-order valence-corrected chi connectivity index (χ1v) is 6.73. The number of nitrogens with two attached hydrogens (primary N) is 1. The minimum absolute atomic E-state index is 0.177. The van der Waals surface area contributed by atoms with Crippen molar-refractivity contribution in [1.82, 2.24) is 0 Å². The molecule has 0 aliphatic carbocycles. The quantitative estimate of drug-likeness (QED) is 0.758. The second kappa shape index (κ2) is 5.85. The predicted molar refractivity (Wildman–Crippen MR) is 79.7 cm³/mol.